The van der Waals surface area contributed by atoms with Gasteiger partial charge in [-0.1, -0.05) is 38.2 Å². The molecule has 0 unspecified atom stereocenters. The number of aliphatic hydroxyl groups excluding tert-OH is 1. The molecule has 2 aliphatic rings. The van der Waals surface area contributed by atoms with E-state index in [1.165, 1.54) is 6.92 Å². The van der Waals surface area contributed by atoms with Crippen molar-refractivity contribution in [3.8, 4) is 0 Å². The summed E-state index contributed by atoms with van der Waals surface area (Å²) in [6.07, 6.45) is -1.64. The molecule has 9 atom stereocenters. The summed E-state index contributed by atoms with van der Waals surface area (Å²) in [5.41, 5.74) is -1.74. The molecule has 1 heterocycles. The van der Waals surface area contributed by atoms with Gasteiger partial charge in [0.2, 0.25) is 0 Å². The number of fused-ring (bicyclic) bond motifs is 1. The predicted octanol–water partition coefficient (Wildman–Crippen LogP) is 3.96. The fourth-order valence-corrected chi connectivity index (χ4v) is 4.66. The van der Waals surface area contributed by atoms with E-state index in [4.69, 9.17) is 18.9 Å². The molecule has 1 aliphatic heterocycles. The van der Waals surface area contributed by atoms with Crippen molar-refractivity contribution in [3.05, 3.63) is 35.5 Å². The zero-order chi connectivity index (χ0) is 29.9. The Kier molecular flexibility index (Phi) is 10.7. The van der Waals surface area contributed by atoms with Gasteiger partial charge >= 0.3 is 17.9 Å². The van der Waals surface area contributed by atoms with Crippen molar-refractivity contribution >= 4 is 17.9 Å². The Morgan fingerprint density at radius 1 is 1.03 bits per heavy atom. The smallest absolute Gasteiger partial charge is 0.333 e. The van der Waals surface area contributed by atoms with E-state index in [0.717, 1.165) is 0 Å². The van der Waals surface area contributed by atoms with Gasteiger partial charge in [0.05, 0.1) is 18.1 Å². The van der Waals surface area contributed by atoms with E-state index in [9.17, 15) is 24.6 Å². The van der Waals surface area contributed by atoms with Crippen molar-refractivity contribution in [2.24, 2.45) is 11.8 Å². The molecule has 0 aromatic carbocycles. The zero-order valence-corrected chi connectivity index (χ0v) is 24.8. The third-order valence-electron chi connectivity index (χ3n) is 8.36. The summed E-state index contributed by atoms with van der Waals surface area (Å²) < 4.78 is 23.8. The van der Waals surface area contributed by atoms with Crippen LogP contribution in [0.1, 0.15) is 81.6 Å². The number of allylic oxidation sites excluding steroid dienone is 2. The third-order valence-corrected chi connectivity index (χ3v) is 8.36. The van der Waals surface area contributed by atoms with Crippen molar-refractivity contribution in [2.75, 3.05) is 0 Å². The van der Waals surface area contributed by atoms with E-state index in [-0.39, 0.29) is 12.8 Å². The standard InChI is InChI=1S/C30H46O9/c1-11-17(6)26(32)36-22-15-23-30(10,39-23)25(38-28(34)19(8)13-3)24(37-27(33)18(7)12-2)20(16(4)5)14-21(31)29(22,9)35/h11,13,18,20-25,31,35H,4,12,14-15H2,1-3,5-10H3/b17-11-,19-13-/t18-,20-,21-,22+,23+,24+,25+,29+,30+/m1/s1. The van der Waals surface area contributed by atoms with E-state index >= 15 is 0 Å². The van der Waals surface area contributed by atoms with Crippen molar-refractivity contribution < 1.29 is 43.5 Å². The highest BCUT2D eigenvalue weighted by Crippen LogP contribution is 2.50. The topological polar surface area (TPSA) is 132 Å². The fraction of sp³-hybridized carbons (Fsp3) is 0.700. The molecular weight excluding hydrogens is 504 g/mol. The van der Waals surface area contributed by atoms with Gasteiger partial charge in [-0.15, -0.1) is 0 Å². The van der Waals surface area contributed by atoms with Crippen LogP contribution in [0.15, 0.2) is 35.5 Å². The second-order valence-corrected chi connectivity index (χ2v) is 11.3. The molecule has 9 nitrogen and oxygen atoms in total. The number of aliphatic hydroxyl groups is 2. The summed E-state index contributed by atoms with van der Waals surface area (Å²) in [7, 11) is 0. The molecule has 0 spiro atoms. The van der Waals surface area contributed by atoms with E-state index in [1.54, 1.807) is 60.6 Å². The Bertz CT molecular complexity index is 1010. The highest BCUT2D eigenvalue weighted by Gasteiger charge is 2.66. The lowest BCUT2D eigenvalue weighted by atomic mass is 9.75. The van der Waals surface area contributed by atoms with Crippen LogP contribution in [0.25, 0.3) is 0 Å². The number of carbonyl (C=O) groups is 3. The minimum atomic E-state index is -1.87. The normalized spacial score (nSPS) is 36.2. The van der Waals surface area contributed by atoms with Crippen molar-refractivity contribution in [1.29, 1.82) is 0 Å². The molecule has 1 saturated carbocycles. The Morgan fingerprint density at radius 2 is 1.56 bits per heavy atom. The van der Waals surface area contributed by atoms with Gasteiger partial charge in [0.15, 0.2) is 6.10 Å². The second-order valence-electron chi connectivity index (χ2n) is 11.3. The minimum absolute atomic E-state index is 0.0176. The Balaban J connectivity index is 2.65. The molecular formula is C30H46O9. The van der Waals surface area contributed by atoms with E-state index < -0.39 is 71.5 Å². The molecule has 39 heavy (non-hydrogen) atoms. The predicted molar refractivity (Wildman–Crippen MR) is 145 cm³/mol. The van der Waals surface area contributed by atoms with Crippen molar-refractivity contribution in [1.82, 2.24) is 0 Å². The van der Waals surface area contributed by atoms with Crippen LogP contribution < -0.4 is 0 Å². The van der Waals surface area contributed by atoms with Gasteiger partial charge in [-0.3, -0.25) is 4.79 Å². The molecule has 2 N–H and O–H groups in total. The number of ether oxygens (including phenoxy) is 4. The van der Waals surface area contributed by atoms with Crippen molar-refractivity contribution in [3.63, 3.8) is 0 Å². The maximum atomic E-state index is 13.1. The maximum Gasteiger partial charge on any atom is 0.333 e. The Morgan fingerprint density at radius 3 is 2.05 bits per heavy atom. The van der Waals surface area contributed by atoms with E-state index in [0.29, 0.717) is 23.1 Å². The number of epoxide rings is 1. The van der Waals surface area contributed by atoms with Crippen LogP contribution in [0.5, 0.6) is 0 Å². The average Bonchev–Trinajstić information content (AvgIpc) is 3.55. The summed E-state index contributed by atoms with van der Waals surface area (Å²) in [4.78, 5) is 38.7. The molecule has 0 bridgehead atoms. The number of carbonyl (C=O) groups excluding carboxylic acids is 3. The van der Waals surface area contributed by atoms with Gasteiger partial charge in [0.25, 0.3) is 0 Å². The SMILES string of the molecule is C=C(C)[C@H]1C[C@@H](O)[C@](C)(O)[C@@H](OC(=O)/C(C)=C\C)C[C@@H]2O[C@]2(C)[C@@H](OC(=O)/C(C)=C\C)[C@H]1OC(=O)[C@H](C)CC. The fourth-order valence-electron chi connectivity index (χ4n) is 4.66. The molecule has 0 radical (unpaired) electrons. The van der Waals surface area contributed by atoms with Gasteiger partial charge in [-0.05, 0) is 61.3 Å². The summed E-state index contributed by atoms with van der Waals surface area (Å²) in [6.45, 7) is 19.2. The summed E-state index contributed by atoms with van der Waals surface area (Å²) >= 11 is 0. The number of hydrogen-bond donors (Lipinski definition) is 2. The van der Waals surface area contributed by atoms with Crippen LogP contribution in [0.2, 0.25) is 0 Å². The van der Waals surface area contributed by atoms with Gasteiger partial charge in [-0.2, -0.15) is 0 Å². The van der Waals surface area contributed by atoms with Crippen LogP contribution in [-0.2, 0) is 33.3 Å². The van der Waals surface area contributed by atoms with Crippen molar-refractivity contribution in [2.45, 2.75) is 123 Å². The quantitative estimate of drug-likeness (QED) is 0.152. The molecule has 0 aromatic heterocycles. The largest absolute Gasteiger partial charge is 0.457 e. The first-order valence-electron chi connectivity index (χ1n) is 13.7. The number of hydrogen-bond acceptors (Lipinski definition) is 9. The molecule has 2 fully saturated rings. The van der Waals surface area contributed by atoms with Gasteiger partial charge < -0.3 is 29.2 Å². The van der Waals surface area contributed by atoms with E-state index in [1.807, 2.05) is 6.92 Å². The first-order chi connectivity index (χ1) is 18.0. The van der Waals surface area contributed by atoms with Gasteiger partial charge in [0.1, 0.15) is 23.4 Å². The van der Waals surface area contributed by atoms with Crippen LogP contribution in [0, 0.1) is 11.8 Å². The summed E-state index contributed by atoms with van der Waals surface area (Å²) in [5, 5.41) is 22.9. The number of esters is 3. The monoisotopic (exact) mass is 550 g/mol. The third kappa shape index (κ3) is 7.18. The highest BCUT2D eigenvalue weighted by atomic mass is 16.7. The van der Waals surface area contributed by atoms with Crippen LogP contribution in [0.3, 0.4) is 0 Å². The first-order valence-corrected chi connectivity index (χ1v) is 13.7. The molecule has 220 valence electrons. The lowest BCUT2D eigenvalue weighted by molar-refractivity contribution is -0.189. The molecule has 1 aliphatic carbocycles. The number of rotatable bonds is 8. The second kappa shape index (κ2) is 12.8. The Hall–Kier alpha value is -2.49. The molecule has 9 heteroatoms. The lowest BCUT2D eigenvalue weighted by Crippen LogP contribution is -2.57. The summed E-state index contributed by atoms with van der Waals surface area (Å²) in [6, 6.07) is 0. The van der Waals surface area contributed by atoms with Crippen LogP contribution in [-0.4, -0.2) is 69.8 Å². The molecule has 0 aromatic rings. The maximum absolute atomic E-state index is 13.1. The lowest BCUT2D eigenvalue weighted by Gasteiger charge is -2.42. The summed E-state index contributed by atoms with van der Waals surface area (Å²) in [5.74, 6) is -2.85. The van der Waals surface area contributed by atoms with Gasteiger partial charge in [0, 0.05) is 23.5 Å². The minimum Gasteiger partial charge on any atom is -0.457 e. The molecule has 1 saturated heterocycles. The zero-order valence-electron chi connectivity index (χ0n) is 24.8. The highest BCUT2D eigenvalue weighted by molar-refractivity contribution is 5.88. The van der Waals surface area contributed by atoms with Crippen LogP contribution >= 0.6 is 0 Å². The van der Waals surface area contributed by atoms with E-state index in [2.05, 4.69) is 6.58 Å². The van der Waals surface area contributed by atoms with Gasteiger partial charge in [-0.25, -0.2) is 9.59 Å². The van der Waals surface area contributed by atoms with Crippen LogP contribution in [0.4, 0.5) is 0 Å². The first kappa shape index (κ1) is 32.7. The molecule has 0 amide bonds. The molecule has 2 rings (SSSR count). The average molecular weight is 551 g/mol. The Labute approximate surface area is 232 Å².